The van der Waals surface area contributed by atoms with Gasteiger partial charge in [-0.25, -0.2) is 8.42 Å². The number of hydrogen-bond acceptors (Lipinski definition) is 3. The minimum Gasteiger partial charge on any atom is -0.748 e. The van der Waals surface area contributed by atoms with Gasteiger partial charge >= 0.3 is 0 Å². The molecule has 0 bridgehead atoms. The van der Waals surface area contributed by atoms with Gasteiger partial charge in [0, 0.05) is 0 Å². The van der Waals surface area contributed by atoms with Gasteiger partial charge in [0.05, 0.1) is 42.1 Å². The largest absolute Gasteiger partial charge is 0.748 e. The molecule has 1 aromatic carbocycles. The van der Waals surface area contributed by atoms with Crippen molar-refractivity contribution in [3.63, 3.8) is 0 Å². The van der Waals surface area contributed by atoms with Gasteiger partial charge in [0.15, 0.2) is 0 Å². The van der Waals surface area contributed by atoms with Crippen LogP contribution >= 0.6 is 0 Å². The molecule has 0 aliphatic heterocycles. The molecule has 1 rings (SSSR count). The van der Waals surface area contributed by atoms with Crippen LogP contribution in [-0.4, -0.2) is 43.6 Å². The summed E-state index contributed by atoms with van der Waals surface area (Å²) in [6.45, 7) is 16.5. The number of nitrogens with zero attached hydrogens (tertiary/aromatic N) is 1. The molecule has 0 heterocycles. The maximum Gasteiger partial charge on any atom is 0.0988 e. The summed E-state index contributed by atoms with van der Waals surface area (Å²) >= 11 is 0. The quantitative estimate of drug-likeness (QED) is 0.139. The number of benzene rings is 1. The normalized spacial score (nSPS) is 11.8. The van der Waals surface area contributed by atoms with Gasteiger partial charge in [0.2, 0.25) is 0 Å². The zero-order chi connectivity index (χ0) is 24.3. The molecular weight excluding hydrogens is 418 g/mol. The summed E-state index contributed by atoms with van der Waals surface area (Å²) in [6, 6.07) is 7.39. The Morgan fingerprint density at radius 3 is 1.44 bits per heavy atom. The van der Waals surface area contributed by atoms with Crippen LogP contribution in [-0.2, 0) is 22.3 Å². The lowest BCUT2D eigenvalue weighted by atomic mass is 10.0. The second kappa shape index (κ2) is 18.5. The molecule has 4 nitrogen and oxygen atoms in total. The van der Waals surface area contributed by atoms with Gasteiger partial charge in [-0.15, -0.1) is 0 Å². The highest BCUT2D eigenvalue weighted by molar-refractivity contribution is 7.84. The Kier molecular flexibility index (Phi) is 18.0. The SMILES string of the molecule is CCCCCCCCCCCCc1ccccc1CS(=O)(=O)[O-].CC[N+](CC)(CC)CC. The highest BCUT2D eigenvalue weighted by Gasteiger charge is 2.16. The molecule has 0 aliphatic rings. The molecule has 0 N–H and O–H groups in total. The van der Waals surface area contributed by atoms with Gasteiger partial charge in [-0.1, -0.05) is 89.0 Å². The summed E-state index contributed by atoms with van der Waals surface area (Å²) in [5.41, 5.74) is 1.67. The molecular formula is C27H51NO3S. The lowest BCUT2D eigenvalue weighted by molar-refractivity contribution is -0.921. The molecule has 0 amide bonds. The monoisotopic (exact) mass is 469 g/mol. The Balaban J connectivity index is 0.000000900. The first-order valence-corrected chi connectivity index (χ1v) is 14.7. The summed E-state index contributed by atoms with van der Waals surface area (Å²) in [5, 5.41) is 0. The van der Waals surface area contributed by atoms with Crippen molar-refractivity contribution >= 4 is 10.1 Å². The van der Waals surface area contributed by atoms with Crippen molar-refractivity contribution in [1.82, 2.24) is 0 Å². The lowest BCUT2D eigenvalue weighted by Gasteiger charge is -2.34. The van der Waals surface area contributed by atoms with E-state index in [4.69, 9.17) is 0 Å². The third-order valence-electron chi connectivity index (χ3n) is 6.93. The van der Waals surface area contributed by atoms with E-state index < -0.39 is 10.1 Å². The molecule has 0 radical (unpaired) electrons. The van der Waals surface area contributed by atoms with Gasteiger partial charge in [-0.2, -0.15) is 0 Å². The molecule has 0 aliphatic carbocycles. The standard InChI is InChI=1S/C19H32O3S.C8H20N/c1-2-3-4-5-6-7-8-9-10-11-14-18-15-12-13-16-19(18)17-23(20,21)22;1-5-9(6-2,7-3)8-4/h12-13,15-16H,2-11,14,17H2,1H3,(H,20,21,22);5-8H2,1-4H3/q;+1/p-1. The van der Waals surface area contributed by atoms with E-state index >= 15 is 0 Å². The number of rotatable bonds is 17. The zero-order valence-electron chi connectivity index (χ0n) is 21.7. The van der Waals surface area contributed by atoms with Gasteiger partial charge < -0.3 is 9.04 Å². The molecule has 0 fully saturated rings. The van der Waals surface area contributed by atoms with E-state index in [1.807, 2.05) is 12.1 Å². The van der Waals surface area contributed by atoms with Crippen molar-refractivity contribution in [3.05, 3.63) is 35.4 Å². The predicted octanol–water partition coefficient (Wildman–Crippen LogP) is 7.08. The third-order valence-corrected chi connectivity index (χ3v) is 7.60. The molecule has 0 saturated carbocycles. The van der Waals surface area contributed by atoms with Crippen LogP contribution in [0.4, 0.5) is 0 Å². The second-order valence-corrected chi connectivity index (χ2v) is 10.4. The first-order valence-electron chi connectivity index (χ1n) is 13.1. The summed E-state index contributed by atoms with van der Waals surface area (Å²) < 4.78 is 34.1. The average molecular weight is 470 g/mol. The van der Waals surface area contributed by atoms with Crippen molar-refractivity contribution in [3.8, 4) is 0 Å². The molecule has 32 heavy (non-hydrogen) atoms. The molecule has 0 aromatic heterocycles. The van der Waals surface area contributed by atoms with E-state index in [0.717, 1.165) is 18.4 Å². The van der Waals surface area contributed by atoms with Crippen molar-refractivity contribution in [1.29, 1.82) is 0 Å². The Morgan fingerprint density at radius 2 is 1.06 bits per heavy atom. The van der Waals surface area contributed by atoms with Crippen LogP contribution in [0.25, 0.3) is 0 Å². The minimum absolute atomic E-state index is 0.388. The van der Waals surface area contributed by atoms with E-state index in [1.165, 1.54) is 88.4 Å². The van der Waals surface area contributed by atoms with Crippen molar-refractivity contribution in [2.45, 2.75) is 111 Å². The van der Waals surface area contributed by atoms with E-state index in [9.17, 15) is 13.0 Å². The highest BCUT2D eigenvalue weighted by atomic mass is 32.2. The predicted molar refractivity (Wildman–Crippen MR) is 138 cm³/mol. The van der Waals surface area contributed by atoms with Crippen LogP contribution in [0, 0.1) is 0 Å². The highest BCUT2D eigenvalue weighted by Crippen LogP contribution is 2.16. The summed E-state index contributed by atoms with van der Waals surface area (Å²) in [7, 11) is -4.20. The van der Waals surface area contributed by atoms with Crippen molar-refractivity contribution < 1.29 is 17.5 Å². The van der Waals surface area contributed by atoms with Crippen LogP contribution in [0.3, 0.4) is 0 Å². The topological polar surface area (TPSA) is 57.2 Å². The molecule has 188 valence electrons. The Bertz CT molecular complexity index is 652. The molecule has 1 aromatic rings. The number of hydrogen-bond donors (Lipinski definition) is 0. The number of unbranched alkanes of at least 4 members (excludes halogenated alkanes) is 9. The number of quaternary nitrogens is 1. The fourth-order valence-electron chi connectivity index (χ4n) is 4.28. The van der Waals surface area contributed by atoms with Gasteiger partial charge in [-0.05, 0) is 51.7 Å². The van der Waals surface area contributed by atoms with Crippen LogP contribution < -0.4 is 0 Å². The van der Waals surface area contributed by atoms with E-state index in [-0.39, 0.29) is 5.75 Å². The molecule has 0 atom stereocenters. The molecule has 0 saturated heterocycles. The maximum atomic E-state index is 10.9. The second-order valence-electron chi connectivity index (χ2n) is 9.01. The van der Waals surface area contributed by atoms with Crippen LogP contribution in [0.1, 0.15) is 110 Å². The minimum atomic E-state index is -4.20. The van der Waals surface area contributed by atoms with Crippen LogP contribution in [0.5, 0.6) is 0 Å². The van der Waals surface area contributed by atoms with Crippen molar-refractivity contribution in [2.24, 2.45) is 0 Å². The maximum absolute atomic E-state index is 10.9. The third kappa shape index (κ3) is 15.0. The summed E-state index contributed by atoms with van der Waals surface area (Å²) in [4.78, 5) is 0. The average Bonchev–Trinajstić information content (AvgIpc) is 2.77. The molecule has 0 unspecified atom stereocenters. The lowest BCUT2D eigenvalue weighted by Crippen LogP contribution is -2.47. The van der Waals surface area contributed by atoms with Gasteiger partial charge in [0.1, 0.15) is 0 Å². The van der Waals surface area contributed by atoms with E-state index in [0.29, 0.717) is 5.56 Å². The van der Waals surface area contributed by atoms with E-state index in [1.54, 1.807) is 12.1 Å². The zero-order valence-corrected chi connectivity index (χ0v) is 22.5. The van der Waals surface area contributed by atoms with Crippen LogP contribution in [0.15, 0.2) is 24.3 Å². The Labute approximate surface area is 200 Å². The summed E-state index contributed by atoms with van der Waals surface area (Å²) in [5.74, 6) is -0.388. The summed E-state index contributed by atoms with van der Waals surface area (Å²) in [6.07, 6.45) is 13.7. The van der Waals surface area contributed by atoms with E-state index in [2.05, 4.69) is 34.6 Å². The fourth-order valence-corrected chi connectivity index (χ4v) is 4.94. The van der Waals surface area contributed by atoms with Crippen molar-refractivity contribution in [2.75, 3.05) is 26.2 Å². The first-order chi connectivity index (χ1) is 15.3. The molecule has 0 spiro atoms. The van der Waals surface area contributed by atoms with Gasteiger partial charge in [-0.3, -0.25) is 0 Å². The molecule has 5 heteroatoms. The van der Waals surface area contributed by atoms with Crippen LogP contribution in [0.2, 0.25) is 0 Å². The smallest absolute Gasteiger partial charge is 0.0988 e. The Hall–Kier alpha value is -0.910. The Morgan fingerprint density at radius 1 is 0.656 bits per heavy atom. The first kappa shape index (κ1) is 31.1. The van der Waals surface area contributed by atoms with Gasteiger partial charge in [0.25, 0.3) is 0 Å². The number of aryl methyl sites for hydroxylation is 1. The fraction of sp³-hybridized carbons (Fsp3) is 0.778.